The summed E-state index contributed by atoms with van der Waals surface area (Å²) >= 11 is 0. The van der Waals surface area contributed by atoms with Crippen LogP contribution in [-0.4, -0.2) is 49.7 Å². The first kappa shape index (κ1) is 20.1. The molecule has 7 heteroatoms. The normalized spacial score (nSPS) is 24.8. The summed E-state index contributed by atoms with van der Waals surface area (Å²) in [5.74, 6) is 0.966. The maximum Gasteiger partial charge on any atom is 0.252 e. The van der Waals surface area contributed by atoms with Gasteiger partial charge in [-0.05, 0) is 36.5 Å². The average Bonchev–Trinajstić information content (AvgIpc) is 3.20. The molecule has 0 aromatic heterocycles. The average molecular weight is 424 g/mol. The maximum absolute atomic E-state index is 13.7. The largest absolute Gasteiger partial charge is 0.454 e. The zero-order valence-corrected chi connectivity index (χ0v) is 18.2. The topological polar surface area (TPSA) is 77.1 Å². The lowest BCUT2D eigenvalue weighted by atomic mass is 9.68. The predicted molar refractivity (Wildman–Crippen MR) is 114 cm³/mol. The standard InChI is InChI=1S/C24H28N2O5/c1-14-20(23(28)26-6-8-29-9-7-26)21(15-4-5-18-19(10-15)31-13-30-18)22-16(25-14)11-24(2,3)12-17(22)27/h4-5,10,21,25H,6-9,11-13H2,1-3H3/t21-/m1/s1. The number of nitrogens with one attached hydrogen (secondary N) is 1. The molecule has 7 nitrogen and oxygen atoms in total. The highest BCUT2D eigenvalue weighted by Crippen LogP contribution is 2.48. The SMILES string of the molecule is CC1=C(C(=O)N2CCOCC2)[C@@H](c2ccc3c(c2)OCO3)C2=C(CC(C)(C)CC2=O)N1. The van der Waals surface area contributed by atoms with E-state index in [2.05, 4.69) is 19.2 Å². The molecule has 3 aliphatic heterocycles. The minimum absolute atomic E-state index is 0.0415. The Balaban J connectivity index is 1.63. The Bertz CT molecular complexity index is 1020. The number of Topliss-reactive ketones (excluding diaryl/α,β-unsaturated/α-hetero) is 1. The Morgan fingerprint density at radius 1 is 1.13 bits per heavy atom. The Labute approximate surface area is 182 Å². The van der Waals surface area contributed by atoms with Gasteiger partial charge in [0.1, 0.15) is 0 Å². The van der Waals surface area contributed by atoms with Crippen molar-refractivity contribution >= 4 is 11.7 Å². The zero-order valence-electron chi connectivity index (χ0n) is 18.2. The number of morpholine rings is 1. The summed E-state index contributed by atoms with van der Waals surface area (Å²) in [6, 6.07) is 5.72. The zero-order chi connectivity index (χ0) is 21.8. The van der Waals surface area contributed by atoms with Crippen molar-refractivity contribution in [1.29, 1.82) is 0 Å². The molecule has 0 saturated carbocycles. The van der Waals surface area contributed by atoms with Gasteiger partial charge >= 0.3 is 0 Å². The van der Waals surface area contributed by atoms with Crippen LogP contribution in [0.4, 0.5) is 0 Å². The first-order chi connectivity index (χ1) is 14.8. The minimum Gasteiger partial charge on any atom is -0.454 e. The first-order valence-corrected chi connectivity index (χ1v) is 10.8. The van der Waals surface area contributed by atoms with E-state index in [1.807, 2.05) is 30.0 Å². The van der Waals surface area contributed by atoms with Crippen LogP contribution in [0.1, 0.15) is 45.1 Å². The number of amides is 1. The van der Waals surface area contributed by atoms with E-state index in [1.54, 1.807) is 0 Å². The second kappa shape index (κ2) is 7.41. The number of fused-ring (bicyclic) bond motifs is 1. The van der Waals surface area contributed by atoms with Gasteiger partial charge in [-0.3, -0.25) is 9.59 Å². The number of hydrogen-bond acceptors (Lipinski definition) is 6. The predicted octanol–water partition coefficient (Wildman–Crippen LogP) is 2.88. The molecular weight excluding hydrogens is 396 g/mol. The van der Waals surface area contributed by atoms with Crippen LogP contribution >= 0.6 is 0 Å². The third-order valence-electron chi connectivity index (χ3n) is 6.50. The second-order valence-corrected chi connectivity index (χ2v) is 9.45. The van der Waals surface area contributed by atoms with E-state index in [1.165, 1.54) is 0 Å². The van der Waals surface area contributed by atoms with Gasteiger partial charge in [-0.25, -0.2) is 0 Å². The van der Waals surface area contributed by atoms with Crippen LogP contribution in [0.3, 0.4) is 0 Å². The van der Waals surface area contributed by atoms with Crippen molar-refractivity contribution in [3.8, 4) is 11.5 Å². The molecule has 1 aromatic carbocycles. The number of ether oxygens (including phenoxy) is 3. The lowest BCUT2D eigenvalue weighted by Crippen LogP contribution is -2.45. The highest BCUT2D eigenvalue weighted by atomic mass is 16.7. The van der Waals surface area contributed by atoms with E-state index in [-0.39, 0.29) is 23.9 Å². The molecule has 1 fully saturated rings. The minimum atomic E-state index is -0.426. The number of ketones is 1. The van der Waals surface area contributed by atoms with Crippen LogP contribution in [0.2, 0.25) is 0 Å². The molecule has 1 atom stereocenters. The van der Waals surface area contributed by atoms with Crippen LogP contribution in [0.25, 0.3) is 0 Å². The van der Waals surface area contributed by atoms with Crippen LogP contribution < -0.4 is 14.8 Å². The van der Waals surface area contributed by atoms with Gasteiger partial charge in [-0.2, -0.15) is 0 Å². The molecule has 1 aliphatic carbocycles. The van der Waals surface area contributed by atoms with Gasteiger partial charge in [-0.15, -0.1) is 0 Å². The molecule has 0 spiro atoms. The lowest BCUT2D eigenvalue weighted by molar-refractivity contribution is -0.131. The number of rotatable bonds is 2. The molecule has 0 unspecified atom stereocenters. The number of dihydropyridines is 1. The summed E-state index contributed by atoms with van der Waals surface area (Å²) in [6.45, 7) is 8.50. The molecule has 164 valence electrons. The third kappa shape index (κ3) is 3.51. The van der Waals surface area contributed by atoms with Crippen LogP contribution in [0, 0.1) is 5.41 Å². The van der Waals surface area contributed by atoms with Crippen molar-refractivity contribution in [1.82, 2.24) is 10.2 Å². The van der Waals surface area contributed by atoms with Crippen LogP contribution in [0.5, 0.6) is 11.5 Å². The molecule has 3 heterocycles. The maximum atomic E-state index is 13.7. The first-order valence-electron chi connectivity index (χ1n) is 10.8. The van der Waals surface area contributed by atoms with Gasteiger partial charge < -0.3 is 24.4 Å². The van der Waals surface area contributed by atoms with Crippen LogP contribution in [0.15, 0.2) is 40.7 Å². The van der Waals surface area contributed by atoms with E-state index in [0.717, 1.165) is 23.4 Å². The lowest BCUT2D eigenvalue weighted by Gasteiger charge is -2.41. The molecule has 1 aromatic rings. The highest BCUT2D eigenvalue weighted by molar-refractivity contribution is 6.05. The van der Waals surface area contributed by atoms with E-state index in [0.29, 0.717) is 55.4 Å². The molecule has 1 amide bonds. The summed E-state index contributed by atoms with van der Waals surface area (Å²) in [7, 11) is 0. The van der Waals surface area contributed by atoms with Gasteiger partial charge in [0, 0.05) is 48.0 Å². The summed E-state index contributed by atoms with van der Waals surface area (Å²) < 4.78 is 16.5. The van der Waals surface area contributed by atoms with Crippen molar-refractivity contribution in [3.05, 3.63) is 46.3 Å². The molecule has 4 aliphatic rings. The molecule has 5 rings (SSSR count). The Morgan fingerprint density at radius 3 is 2.65 bits per heavy atom. The van der Waals surface area contributed by atoms with Crippen molar-refractivity contribution in [3.63, 3.8) is 0 Å². The summed E-state index contributed by atoms with van der Waals surface area (Å²) in [4.78, 5) is 28.9. The number of carbonyl (C=O) groups excluding carboxylic acids is 2. The van der Waals surface area contributed by atoms with Gasteiger partial charge in [0.25, 0.3) is 5.91 Å². The molecule has 1 saturated heterocycles. The fourth-order valence-corrected chi connectivity index (χ4v) is 5.08. The number of carbonyl (C=O) groups is 2. The van der Waals surface area contributed by atoms with Crippen molar-refractivity contribution in [2.45, 2.75) is 39.5 Å². The third-order valence-corrected chi connectivity index (χ3v) is 6.50. The van der Waals surface area contributed by atoms with E-state index in [9.17, 15) is 9.59 Å². The van der Waals surface area contributed by atoms with Crippen molar-refractivity contribution < 1.29 is 23.8 Å². The van der Waals surface area contributed by atoms with Crippen LogP contribution in [-0.2, 0) is 14.3 Å². The van der Waals surface area contributed by atoms with E-state index in [4.69, 9.17) is 14.2 Å². The highest BCUT2D eigenvalue weighted by Gasteiger charge is 2.43. The summed E-state index contributed by atoms with van der Waals surface area (Å²) in [6.07, 6.45) is 1.23. The Hall–Kier alpha value is -2.80. The van der Waals surface area contributed by atoms with Gasteiger partial charge in [0.2, 0.25) is 6.79 Å². The Kier molecular flexibility index (Phi) is 4.81. The number of benzene rings is 1. The molecule has 0 bridgehead atoms. The number of hydrogen-bond donors (Lipinski definition) is 1. The fourth-order valence-electron chi connectivity index (χ4n) is 5.08. The Morgan fingerprint density at radius 2 is 1.87 bits per heavy atom. The quantitative estimate of drug-likeness (QED) is 0.787. The van der Waals surface area contributed by atoms with Gasteiger partial charge in [0.15, 0.2) is 17.3 Å². The fraction of sp³-hybridized carbons (Fsp3) is 0.500. The molecular formula is C24H28N2O5. The van der Waals surface area contributed by atoms with Crippen molar-refractivity contribution in [2.75, 3.05) is 33.1 Å². The smallest absolute Gasteiger partial charge is 0.252 e. The van der Waals surface area contributed by atoms with Gasteiger partial charge in [0.05, 0.1) is 13.2 Å². The molecule has 31 heavy (non-hydrogen) atoms. The van der Waals surface area contributed by atoms with Crippen molar-refractivity contribution in [2.24, 2.45) is 5.41 Å². The van der Waals surface area contributed by atoms with E-state index < -0.39 is 5.92 Å². The summed E-state index contributed by atoms with van der Waals surface area (Å²) in [5.41, 5.74) is 3.84. The molecule has 0 radical (unpaired) electrons. The van der Waals surface area contributed by atoms with Gasteiger partial charge in [-0.1, -0.05) is 19.9 Å². The second-order valence-electron chi connectivity index (χ2n) is 9.45. The number of nitrogens with zero attached hydrogens (tertiary/aromatic N) is 1. The summed E-state index contributed by atoms with van der Waals surface area (Å²) in [5, 5.41) is 3.43. The molecule has 1 N–H and O–H groups in total. The number of allylic oxidation sites excluding steroid dienone is 3. The van der Waals surface area contributed by atoms with E-state index >= 15 is 0 Å². The monoisotopic (exact) mass is 424 g/mol.